The molecular weight excluding hydrogens is 294 g/mol. The lowest BCUT2D eigenvalue weighted by atomic mass is 10.2. The smallest absolute Gasteiger partial charge is 0.273 e. The number of ether oxygens (including phenoxy) is 1. The van der Waals surface area contributed by atoms with Crippen LogP contribution in [-0.2, 0) is 11.3 Å². The summed E-state index contributed by atoms with van der Waals surface area (Å²) >= 11 is 0. The van der Waals surface area contributed by atoms with Crippen LogP contribution in [-0.4, -0.2) is 65.2 Å². The molecule has 0 unspecified atom stereocenters. The van der Waals surface area contributed by atoms with Crippen molar-refractivity contribution in [3.63, 3.8) is 0 Å². The largest absolute Gasteiger partial charge is 0.379 e. The van der Waals surface area contributed by atoms with Crippen LogP contribution < -0.4 is 5.32 Å². The normalized spacial score (nSPS) is 15.5. The average Bonchev–Trinajstić information content (AvgIpc) is 3.05. The van der Waals surface area contributed by atoms with Gasteiger partial charge in [-0.1, -0.05) is 35.5 Å². The third-order valence-corrected chi connectivity index (χ3v) is 3.78. The second-order valence-corrected chi connectivity index (χ2v) is 5.50. The van der Waals surface area contributed by atoms with E-state index in [0.29, 0.717) is 18.8 Å². The molecule has 0 bridgehead atoms. The first-order valence-electron chi connectivity index (χ1n) is 7.83. The van der Waals surface area contributed by atoms with Crippen LogP contribution in [0, 0.1) is 0 Å². The standard InChI is InChI=1S/C16H21N5O2/c22-16(17-6-7-20-8-10-23-11-9-20)15-13-21(19-18-15)12-14-4-2-1-3-5-14/h1-5,13H,6-12H2,(H,17,22). The maximum atomic E-state index is 12.1. The topological polar surface area (TPSA) is 72.3 Å². The number of hydrogen-bond donors (Lipinski definition) is 1. The zero-order valence-electron chi connectivity index (χ0n) is 13.0. The monoisotopic (exact) mass is 315 g/mol. The highest BCUT2D eigenvalue weighted by Crippen LogP contribution is 2.02. The van der Waals surface area contributed by atoms with Crippen molar-refractivity contribution >= 4 is 5.91 Å². The summed E-state index contributed by atoms with van der Waals surface area (Å²) in [6, 6.07) is 9.96. The number of nitrogens with one attached hydrogen (secondary N) is 1. The highest BCUT2D eigenvalue weighted by atomic mass is 16.5. The number of amides is 1. The van der Waals surface area contributed by atoms with Crippen LogP contribution in [0.25, 0.3) is 0 Å². The number of hydrogen-bond acceptors (Lipinski definition) is 5. The molecule has 1 fully saturated rings. The van der Waals surface area contributed by atoms with E-state index >= 15 is 0 Å². The second-order valence-electron chi connectivity index (χ2n) is 5.50. The zero-order valence-corrected chi connectivity index (χ0v) is 13.0. The molecule has 7 heteroatoms. The van der Waals surface area contributed by atoms with Gasteiger partial charge in [-0.3, -0.25) is 9.69 Å². The van der Waals surface area contributed by atoms with Gasteiger partial charge in [-0.05, 0) is 5.56 Å². The predicted molar refractivity (Wildman–Crippen MR) is 85.2 cm³/mol. The van der Waals surface area contributed by atoms with Crippen molar-refractivity contribution in [2.24, 2.45) is 0 Å². The fourth-order valence-electron chi connectivity index (χ4n) is 2.49. The van der Waals surface area contributed by atoms with Crippen molar-refractivity contribution in [3.05, 3.63) is 47.8 Å². The Balaban J connectivity index is 1.46. The van der Waals surface area contributed by atoms with Crippen molar-refractivity contribution in [1.29, 1.82) is 0 Å². The predicted octanol–water partition coefficient (Wildman–Crippen LogP) is 0.388. The Kier molecular flexibility index (Phi) is 5.33. The van der Waals surface area contributed by atoms with Crippen LogP contribution in [0.3, 0.4) is 0 Å². The van der Waals surface area contributed by atoms with Gasteiger partial charge < -0.3 is 10.1 Å². The molecule has 1 aliphatic heterocycles. The summed E-state index contributed by atoms with van der Waals surface area (Å²) < 4.78 is 6.97. The van der Waals surface area contributed by atoms with Gasteiger partial charge in [0.05, 0.1) is 26.0 Å². The molecule has 3 rings (SSSR count). The maximum Gasteiger partial charge on any atom is 0.273 e. The summed E-state index contributed by atoms with van der Waals surface area (Å²) in [7, 11) is 0. The van der Waals surface area contributed by atoms with E-state index < -0.39 is 0 Å². The molecule has 122 valence electrons. The molecular formula is C16H21N5O2. The Hall–Kier alpha value is -2.25. The van der Waals surface area contributed by atoms with Crippen LogP contribution in [0.4, 0.5) is 0 Å². The minimum absolute atomic E-state index is 0.183. The third kappa shape index (κ3) is 4.61. The molecule has 23 heavy (non-hydrogen) atoms. The molecule has 0 radical (unpaired) electrons. The number of carbonyl (C=O) groups excluding carboxylic acids is 1. The molecule has 2 heterocycles. The van der Waals surface area contributed by atoms with Crippen LogP contribution in [0.2, 0.25) is 0 Å². The Bertz CT molecular complexity index is 622. The number of aromatic nitrogens is 3. The number of benzene rings is 1. The third-order valence-electron chi connectivity index (χ3n) is 3.78. The number of nitrogens with zero attached hydrogens (tertiary/aromatic N) is 4. The lowest BCUT2D eigenvalue weighted by Gasteiger charge is -2.26. The molecule has 1 aromatic carbocycles. The molecule has 0 aliphatic carbocycles. The zero-order chi connectivity index (χ0) is 15.9. The van der Waals surface area contributed by atoms with E-state index in [0.717, 1.165) is 38.4 Å². The van der Waals surface area contributed by atoms with Crippen LogP contribution in [0.1, 0.15) is 16.1 Å². The molecule has 1 amide bonds. The first-order chi connectivity index (χ1) is 11.3. The molecule has 7 nitrogen and oxygen atoms in total. The quantitative estimate of drug-likeness (QED) is 0.835. The first kappa shape index (κ1) is 15.6. The lowest BCUT2D eigenvalue weighted by molar-refractivity contribution is 0.0383. The van der Waals surface area contributed by atoms with Crippen molar-refractivity contribution in [2.75, 3.05) is 39.4 Å². The highest BCUT2D eigenvalue weighted by molar-refractivity contribution is 5.91. The number of morpholine rings is 1. The van der Waals surface area contributed by atoms with Crippen molar-refractivity contribution in [3.8, 4) is 0 Å². The Morgan fingerprint density at radius 2 is 2.00 bits per heavy atom. The SMILES string of the molecule is O=C(NCCN1CCOCC1)c1cn(Cc2ccccc2)nn1. The second kappa shape index (κ2) is 7.85. The summed E-state index contributed by atoms with van der Waals surface area (Å²) in [6.45, 7) is 5.41. The van der Waals surface area contributed by atoms with E-state index in [1.165, 1.54) is 0 Å². The van der Waals surface area contributed by atoms with E-state index in [1.807, 2.05) is 30.3 Å². The van der Waals surface area contributed by atoms with Gasteiger partial charge in [0.2, 0.25) is 0 Å². The van der Waals surface area contributed by atoms with Gasteiger partial charge in [-0.25, -0.2) is 4.68 Å². The van der Waals surface area contributed by atoms with Crippen molar-refractivity contribution < 1.29 is 9.53 Å². The fourth-order valence-corrected chi connectivity index (χ4v) is 2.49. The first-order valence-corrected chi connectivity index (χ1v) is 7.83. The number of carbonyl (C=O) groups is 1. The van der Waals surface area contributed by atoms with Gasteiger partial charge in [0, 0.05) is 26.2 Å². The maximum absolute atomic E-state index is 12.1. The van der Waals surface area contributed by atoms with E-state index in [2.05, 4.69) is 20.5 Å². The Morgan fingerprint density at radius 3 is 2.78 bits per heavy atom. The summed E-state index contributed by atoms with van der Waals surface area (Å²) in [6.07, 6.45) is 1.68. The summed E-state index contributed by atoms with van der Waals surface area (Å²) in [5.41, 5.74) is 1.47. The van der Waals surface area contributed by atoms with Crippen LogP contribution in [0.15, 0.2) is 36.5 Å². The summed E-state index contributed by atoms with van der Waals surface area (Å²) in [4.78, 5) is 14.4. The highest BCUT2D eigenvalue weighted by Gasteiger charge is 2.13. The fraction of sp³-hybridized carbons (Fsp3) is 0.438. The van der Waals surface area contributed by atoms with Gasteiger partial charge in [-0.15, -0.1) is 5.10 Å². The number of rotatable bonds is 6. The van der Waals surface area contributed by atoms with Crippen LogP contribution >= 0.6 is 0 Å². The minimum Gasteiger partial charge on any atom is -0.379 e. The summed E-state index contributed by atoms with van der Waals surface area (Å²) in [5.74, 6) is -0.183. The van der Waals surface area contributed by atoms with E-state index in [1.54, 1.807) is 10.9 Å². The lowest BCUT2D eigenvalue weighted by Crippen LogP contribution is -2.41. The molecule has 1 aliphatic rings. The Labute approximate surface area is 135 Å². The van der Waals surface area contributed by atoms with Crippen molar-refractivity contribution in [1.82, 2.24) is 25.2 Å². The minimum atomic E-state index is -0.183. The molecule has 1 N–H and O–H groups in total. The van der Waals surface area contributed by atoms with Gasteiger partial charge in [0.15, 0.2) is 5.69 Å². The molecule has 1 saturated heterocycles. The molecule has 0 spiro atoms. The molecule has 0 saturated carbocycles. The molecule has 1 aromatic heterocycles. The van der Waals surface area contributed by atoms with Crippen molar-refractivity contribution in [2.45, 2.75) is 6.54 Å². The van der Waals surface area contributed by atoms with Gasteiger partial charge in [-0.2, -0.15) is 0 Å². The van der Waals surface area contributed by atoms with E-state index in [4.69, 9.17) is 4.74 Å². The van der Waals surface area contributed by atoms with Gasteiger partial charge in [0.1, 0.15) is 0 Å². The van der Waals surface area contributed by atoms with Gasteiger partial charge >= 0.3 is 0 Å². The molecule has 0 atom stereocenters. The Morgan fingerprint density at radius 1 is 1.22 bits per heavy atom. The average molecular weight is 315 g/mol. The van der Waals surface area contributed by atoms with E-state index in [9.17, 15) is 4.79 Å². The van der Waals surface area contributed by atoms with E-state index in [-0.39, 0.29) is 5.91 Å². The molecule has 2 aromatic rings. The van der Waals surface area contributed by atoms with Crippen LogP contribution in [0.5, 0.6) is 0 Å². The summed E-state index contributed by atoms with van der Waals surface area (Å²) in [5, 5.41) is 10.8. The van der Waals surface area contributed by atoms with Gasteiger partial charge in [0.25, 0.3) is 5.91 Å².